The summed E-state index contributed by atoms with van der Waals surface area (Å²) in [4.78, 5) is 12.7. The smallest absolute Gasteiger partial charge is 0.336 e. The van der Waals surface area contributed by atoms with Gasteiger partial charge in [-0.25, -0.2) is 4.79 Å². The summed E-state index contributed by atoms with van der Waals surface area (Å²) in [6, 6.07) is 0.367. The van der Waals surface area contributed by atoms with Crippen molar-refractivity contribution in [1.29, 1.82) is 0 Å². The van der Waals surface area contributed by atoms with Gasteiger partial charge in [-0.1, -0.05) is 6.92 Å². The highest BCUT2D eigenvalue weighted by molar-refractivity contribution is 5.76. The Kier molecular flexibility index (Phi) is 3.47. The highest BCUT2D eigenvalue weighted by Crippen LogP contribution is 2.11. The van der Waals surface area contributed by atoms with Crippen molar-refractivity contribution >= 4 is 5.97 Å². The molecular formula is C9H18N2O3. The molecule has 5 nitrogen and oxygen atoms in total. The number of nitrogens with zero attached hydrogens (tertiary/aromatic N) is 1. The molecule has 82 valence electrons. The van der Waals surface area contributed by atoms with Gasteiger partial charge in [-0.05, 0) is 13.5 Å². The second kappa shape index (κ2) is 4.25. The highest BCUT2D eigenvalue weighted by Gasteiger charge is 2.35. The van der Waals surface area contributed by atoms with Crippen LogP contribution in [0.5, 0.6) is 0 Å². The van der Waals surface area contributed by atoms with E-state index in [4.69, 9.17) is 5.11 Å². The number of aliphatic carboxylic acids is 1. The van der Waals surface area contributed by atoms with Crippen LogP contribution in [0.4, 0.5) is 0 Å². The molecule has 0 aromatic carbocycles. The Morgan fingerprint density at radius 3 is 2.50 bits per heavy atom. The lowest BCUT2D eigenvalue weighted by Gasteiger charge is -2.40. The van der Waals surface area contributed by atoms with E-state index in [0.717, 1.165) is 19.6 Å². The van der Waals surface area contributed by atoms with E-state index in [-0.39, 0.29) is 6.54 Å². The third-order valence-electron chi connectivity index (χ3n) is 2.65. The second-order valence-electron chi connectivity index (χ2n) is 3.95. The molecule has 1 saturated heterocycles. The number of carbonyl (C=O) groups is 1. The molecule has 0 saturated carbocycles. The molecule has 1 fully saturated rings. The van der Waals surface area contributed by atoms with Crippen LogP contribution in [0.1, 0.15) is 13.8 Å². The first-order chi connectivity index (χ1) is 6.47. The molecule has 0 aliphatic carbocycles. The van der Waals surface area contributed by atoms with Crippen LogP contribution in [0.3, 0.4) is 0 Å². The van der Waals surface area contributed by atoms with Gasteiger partial charge in [-0.2, -0.15) is 0 Å². The third kappa shape index (κ3) is 2.43. The van der Waals surface area contributed by atoms with E-state index in [0.29, 0.717) is 6.04 Å². The van der Waals surface area contributed by atoms with Gasteiger partial charge >= 0.3 is 5.97 Å². The van der Waals surface area contributed by atoms with Gasteiger partial charge in [0.1, 0.15) is 0 Å². The molecule has 1 aliphatic heterocycles. The van der Waals surface area contributed by atoms with Gasteiger partial charge in [0.25, 0.3) is 0 Å². The summed E-state index contributed by atoms with van der Waals surface area (Å²) in [7, 11) is 0. The number of hydrogen-bond donors (Lipinski definition) is 3. The van der Waals surface area contributed by atoms with Crippen LogP contribution in [0, 0.1) is 0 Å². The summed E-state index contributed by atoms with van der Waals surface area (Å²) in [5, 5.41) is 21.5. The first-order valence-corrected chi connectivity index (χ1v) is 4.88. The first-order valence-electron chi connectivity index (χ1n) is 4.88. The molecule has 5 heteroatoms. The molecule has 0 radical (unpaired) electrons. The lowest BCUT2D eigenvalue weighted by atomic mass is 10.0. The van der Waals surface area contributed by atoms with Gasteiger partial charge in [0.2, 0.25) is 0 Å². The van der Waals surface area contributed by atoms with Crippen LogP contribution >= 0.6 is 0 Å². The van der Waals surface area contributed by atoms with Gasteiger partial charge < -0.3 is 15.5 Å². The summed E-state index contributed by atoms with van der Waals surface area (Å²) in [5.41, 5.74) is -1.65. The van der Waals surface area contributed by atoms with Gasteiger partial charge in [-0.3, -0.25) is 4.90 Å². The maximum Gasteiger partial charge on any atom is 0.336 e. The van der Waals surface area contributed by atoms with Crippen LogP contribution < -0.4 is 5.32 Å². The summed E-state index contributed by atoms with van der Waals surface area (Å²) < 4.78 is 0. The number of rotatable bonds is 5. The summed E-state index contributed by atoms with van der Waals surface area (Å²) in [6.45, 7) is 6.01. The van der Waals surface area contributed by atoms with E-state index in [2.05, 4.69) is 5.32 Å². The van der Waals surface area contributed by atoms with Crippen molar-refractivity contribution in [2.24, 2.45) is 0 Å². The lowest BCUT2D eigenvalue weighted by Crippen LogP contribution is -2.60. The maximum atomic E-state index is 10.7. The molecular weight excluding hydrogens is 184 g/mol. The zero-order valence-electron chi connectivity index (χ0n) is 8.66. The molecule has 0 bridgehead atoms. The average molecular weight is 202 g/mol. The number of carboxylic acid groups (broad SMARTS) is 1. The minimum atomic E-state index is -1.65. The molecule has 1 unspecified atom stereocenters. The normalized spacial score (nSPS) is 21.7. The van der Waals surface area contributed by atoms with Crippen molar-refractivity contribution in [2.75, 3.05) is 26.2 Å². The predicted octanol–water partition coefficient (Wildman–Crippen LogP) is -0.884. The minimum Gasteiger partial charge on any atom is -0.479 e. The maximum absolute atomic E-state index is 10.7. The fourth-order valence-corrected chi connectivity index (χ4v) is 1.49. The van der Waals surface area contributed by atoms with E-state index in [1.807, 2.05) is 11.8 Å². The van der Waals surface area contributed by atoms with Crippen LogP contribution in [-0.4, -0.2) is 58.9 Å². The topological polar surface area (TPSA) is 72.8 Å². The predicted molar refractivity (Wildman–Crippen MR) is 52.2 cm³/mol. The zero-order valence-corrected chi connectivity index (χ0v) is 8.66. The van der Waals surface area contributed by atoms with Gasteiger partial charge in [0.05, 0.1) is 0 Å². The summed E-state index contributed by atoms with van der Waals surface area (Å²) in [6.07, 6.45) is 0. The summed E-state index contributed by atoms with van der Waals surface area (Å²) in [5.74, 6) is -1.16. The molecule has 3 N–H and O–H groups in total. The quantitative estimate of drug-likeness (QED) is 0.540. The van der Waals surface area contributed by atoms with Crippen molar-refractivity contribution in [3.63, 3.8) is 0 Å². The second-order valence-corrected chi connectivity index (χ2v) is 3.95. The Morgan fingerprint density at radius 2 is 2.21 bits per heavy atom. The Labute approximate surface area is 83.7 Å². The Balaban J connectivity index is 2.50. The molecule has 0 spiro atoms. The number of hydrogen-bond acceptors (Lipinski definition) is 4. The molecule has 1 heterocycles. The van der Waals surface area contributed by atoms with Crippen LogP contribution in [0.2, 0.25) is 0 Å². The molecule has 1 aliphatic rings. The zero-order chi connectivity index (χ0) is 10.8. The number of aliphatic hydroxyl groups is 1. The van der Waals surface area contributed by atoms with Gasteiger partial charge in [0, 0.05) is 25.7 Å². The van der Waals surface area contributed by atoms with Crippen LogP contribution in [0.15, 0.2) is 0 Å². The van der Waals surface area contributed by atoms with Crippen molar-refractivity contribution < 1.29 is 15.0 Å². The SMILES string of the molecule is CCN(CC(C)(O)C(=O)O)C1CNC1. The van der Waals surface area contributed by atoms with Crippen molar-refractivity contribution in [3.8, 4) is 0 Å². The number of carboxylic acids is 1. The molecule has 0 amide bonds. The molecule has 1 rings (SSSR count). The summed E-state index contributed by atoms with van der Waals surface area (Å²) >= 11 is 0. The third-order valence-corrected chi connectivity index (χ3v) is 2.65. The van der Waals surface area contributed by atoms with Crippen molar-refractivity contribution in [1.82, 2.24) is 10.2 Å². The molecule has 14 heavy (non-hydrogen) atoms. The van der Waals surface area contributed by atoms with E-state index in [1.165, 1.54) is 6.92 Å². The van der Waals surface area contributed by atoms with E-state index >= 15 is 0 Å². The van der Waals surface area contributed by atoms with E-state index in [9.17, 15) is 9.90 Å². The standard InChI is InChI=1S/C9H18N2O3/c1-3-11(7-4-10-5-7)6-9(2,14)8(12)13/h7,10,14H,3-6H2,1-2H3,(H,12,13). The van der Waals surface area contributed by atoms with Crippen LogP contribution in [0.25, 0.3) is 0 Å². The molecule has 1 atom stereocenters. The Hall–Kier alpha value is -0.650. The first kappa shape index (κ1) is 11.4. The molecule has 0 aromatic rings. The van der Waals surface area contributed by atoms with Crippen molar-refractivity contribution in [2.45, 2.75) is 25.5 Å². The van der Waals surface area contributed by atoms with Gasteiger partial charge in [-0.15, -0.1) is 0 Å². The van der Waals surface area contributed by atoms with Crippen LogP contribution in [-0.2, 0) is 4.79 Å². The molecule has 0 aromatic heterocycles. The van der Waals surface area contributed by atoms with E-state index < -0.39 is 11.6 Å². The number of nitrogens with one attached hydrogen (secondary N) is 1. The fraction of sp³-hybridized carbons (Fsp3) is 0.889. The lowest BCUT2D eigenvalue weighted by molar-refractivity contribution is -0.159. The minimum absolute atomic E-state index is 0.186. The largest absolute Gasteiger partial charge is 0.479 e. The highest BCUT2D eigenvalue weighted by atomic mass is 16.4. The monoisotopic (exact) mass is 202 g/mol. The fourth-order valence-electron chi connectivity index (χ4n) is 1.49. The van der Waals surface area contributed by atoms with Crippen molar-refractivity contribution in [3.05, 3.63) is 0 Å². The average Bonchev–Trinajstić information content (AvgIpc) is 1.99. The van der Waals surface area contributed by atoms with E-state index in [1.54, 1.807) is 0 Å². The Morgan fingerprint density at radius 1 is 1.64 bits per heavy atom. The van der Waals surface area contributed by atoms with Gasteiger partial charge in [0.15, 0.2) is 5.60 Å². The number of likely N-dealkylation sites (N-methyl/N-ethyl adjacent to an activating group) is 1. The Bertz CT molecular complexity index is 214.